The molecule has 0 saturated carbocycles. The lowest BCUT2D eigenvalue weighted by molar-refractivity contribution is -0.134. The molecule has 0 spiro atoms. The summed E-state index contributed by atoms with van der Waals surface area (Å²) in [6, 6.07) is 7.49. The zero-order valence-corrected chi connectivity index (χ0v) is 13.2. The van der Waals surface area contributed by atoms with Gasteiger partial charge in [0.25, 0.3) is 0 Å². The van der Waals surface area contributed by atoms with Gasteiger partial charge in [-0.05, 0) is 37.3 Å². The van der Waals surface area contributed by atoms with Crippen LogP contribution < -0.4 is 5.32 Å². The highest BCUT2D eigenvalue weighted by atomic mass is 16.2. The van der Waals surface area contributed by atoms with E-state index in [1.165, 1.54) is 4.90 Å². The Morgan fingerprint density at radius 2 is 2.00 bits per heavy atom. The molecule has 1 aromatic carbocycles. The first-order valence-electron chi connectivity index (χ1n) is 7.47. The van der Waals surface area contributed by atoms with Crippen molar-refractivity contribution in [2.45, 2.75) is 39.7 Å². The third kappa shape index (κ3) is 3.45. The fourth-order valence-corrected chi connectivity index (χ4v) is 2.88. The molecule has 0 radical (unpaired) electrons. The van der Waals surface area contributed by atoms with Crippen molar-refractivity contribution in [3.05, 3.63) is 29.3 Å². The summed E-state index contributed by atoms with van der Waals surface area (Å²) in [5.41, 5.74) is 2.68. The minimum Gasteiger partial charge on any atom is -0.326 e. The fourth-order valence-electron chi connectivity index (χ4n) is 2.88. The summed E-state index contributed by atoms with van der Waals surface area (Å²) in [4.78, 5) is 25.9. The van der Waals surface area contributed by atoms with Gasteiger partial charge in [-0.1, -0.05) is 25.1 Å². The van der Waals surface area contributed by atoms with Crippen LogP contribution in [0.5, 0.6) is 0 Å². The molecule has 1 aliphatic rings. The summed E-state index contributed by atoms with van der Waals surface area (Å²) in [6.07, 6.45) is 0.458. The zero-order chi connectivity index (χ0) is 16.3. The SMILES string of the molecule is Cc1cccc(C)c1NC(=O)CC(=O)N1CC(C)CC1C#N. The smallest absolute Gasteiger partial charge is 0.233 e. The van der Waals surface area contributed by atoms with Crippen molar-refractivity contribution in [2.75, 3.05) is 11.9 Å². The predicted octanol–water partition coefficient (Wildman–Crippen LogP) is 2.39. The number of aryl methyl sites for hydroxylation is 2. The van der Waals surface area contributed by atoms with Crippen molar-refractivity contribution < 1.29 is 9.59 Å². The summed E-state index contributed by atoms with van der Waals surface area (Å²) in [7, 11) is 0. The first kappa shape index (κ1) is 16.0. The third-order valence-corrected chi connectivity index (χ3v) is 4.04. The Morgan fingerprint density at radius 3 is 2.59 bits per heavy atom. The lowest BCUT2D eigenvalue weighted by atomic mass is 10.1. The highest BCUT2D eigenvalue weighted by molar-refractivity contribution is 6.04. The van der Waals surface area contributed by atoms with E-state index in [0.717, 1.165) is 16.8 Å². The van der Waals surface area contributed by atoms with Crippen LogP contribution in [0.15, 0.2) is 18.2 Å². The molecule has 22 heavy (non-hydrogen) atoms. The topological polar surface area (TPSA) is 73.2 Å². The number of nitrogens with one attached hydrogen (secondary N) is 1. The molecule has 1 fully saturated rings. The number of hydrogen-bond donors (Lipinski definition) is 1. The highest BCUT2D eigenvalue weighted by Crippen LogP contribution is 2.23. The van der Waals surface area contributed by atoms with Crippen molar-refractivity contribution >= 4 is 17.5 Å². The molecular weight excluding hydrogens is 278 g/mol. The monoisotopic (exact) mass is 299 g/mol. The molecule has 2 unspecified atom stereocenters. The van der Waals surface area contributed by atoms with Gasteiger partial charge in [0.05, 0.1) is 6.07 Å². The minimum absolute atomic E-state index is 0.224. The molecule has 0 aliphatic carbocycles. The number of hydrogen-bond acceptors (Lipinski definition) is 3. The quantitative estimate of drug-likeness (QED) is 0.871. The van der Waals surface area contributed by atoms with Crippen LogP contribution in [0, 0.1) is 31.1 Å². The van der Waals surface area contributed by atoms with Crippen LogP contribution in [-0.2, 0) is 9.59 Å². The molecule has 1 N–H and O–H groups in total. The van der Waals surface area contributed by atoms with Gasteiger partial charge in [-0.3, -0.25) is 9.59 Å². The van der Waals surface area contributed by atoms with E-state index >= 15 is 0 Å². The van der Waals surface area contributed by atoms with E-state index < -0.39 is 6.04 Å². The Hall–Kier alpha value is -2.35. The molecule has 5 heteroatoms. The standard InChI is InChI=1S/C17H21N3O2/c1-11-7-14(9-18)20(10-11)16(22)8-15(21)19-17-12(2)5-4-6-13(17)3/h4-6,11,14H,7-8,10H2,1-3H3,(H,19,21). The van der Waals surface area contributed by atoms with E-state index in [0.29, 0.717) is 18.9 Å². The predicted molar refractivity (Wildman–Crippen MR) is 84.1 cm³/mol. The normalized spacial score (nSPS) is 20.5. The van der Waals surface area contributed by atoms with Crippen molar-refractivity contribution in [3.63, 3.8) is 0 Å². The van der Waals surface area contributed by atoms with Gasteiger partial charge in [0.2, 0.25) is 11.8 Å². The largest absolute Gasteiger partial charge is 0.326 e. The van der Waals surface area contributed by atoms with Gasteiger partial charge in [-0.25, -0.2) is 0 Å². The summed E-state index contributed by atoms with van der Waals surface area (Å²) >= 11 is 0. The first-order chi connectivity index (χ1) is 10.4. The Morgan fingerprint density at radius 1 is 1.36 bits per heavy atom. The summed E-state index contributed by atoms with van der Waals surface area (Å²) in [5.74, 6) is -0.312. The third-order valence-electron chi connectivity index (χ3n) is 4.04. The Bertz CT molecular complexity index is 613. The zero-order valence-electron chi connectivity index (χ0n) is 13.2. The van der Waals surface area contributed by atoms with Crippen LogP contribution in [0.2, 0.25) is 0 Å². The van der Waals surface area contributed by atoms with Gasteiger partial charge in [0, 0.05) is 12.2 Å². The van der Waals surface area contributed by atoms with E-state index in [9.17, 15) is 9.59 Å². The number of para-hydroxylation sites is 1. The molecule has 2 amide bonds. The number of rotatable bonds is 3. The van der Waals surface area contributed by atoms with E-state index in [-0.39, 0.29) is 18.2 Å². The first-order valence-corrected chi connectivity index (χ1v) is 7.47. The van der Waals surface area contributed by atoms with E-state index in [1.54, 1.807) is 0 Å². The van der Waals surface area contributed by atoms with Crippen molar-refractivity contribution in [2.24, 2.45) is 5.92 Å². The van der Waals surface area contributed by atoms with E-state index in [1.807, 2.05) is 39.0 Å². The second kappa shape index (κ2) is 6.61. The van der Waals surface area contributed by atoms with Crippen LogP contribution in [0.3, 0.4) is 0 Å². The number of likely N-dealkylation sites (tertiary alicyclic amines) is 1. The van der Waals surface area contributed by atoms with Crippen LogP contribution in [0.1, 0.15) is 30.9 Å². The molecule has 1 heterocycles. The van der Waals surface area contributed by atoms with Crippen molar-refractivity contribution in [1.82, 2.24) is 4.90 Å². The fraction of sp³-hybridized carbons (Fsp3) is 0.471. The maximum absolute atomic E-state index is 12.2. The molecule has 2 atom stereocenters. The van der Waals surface area contributed by atoms with Gasteiger partial charge in [0.1, 0.15) is 12.5 Å². The summed E-state index contributed by atoms with van der Waals surface area (Å²) in [5, 5.41) is 11.9. The number of nitriles is 1. The molecule has 5 nitrogen and oxygen atoms in total. The number of benzene rings is 1. The molecule has 0 aromatic heterocycles. The van der Waals surface area contributed by atoms with Crippen LogP contribution in [0.4, 0.5) is 5.69 Å². The minimum atomic E-state index is -0.407. The number of carbonyl (C=O) groups is 2. The Kier molecular flexibility index (Phi) is 4.81. The number of carbonyl (C=O) groups excluding carboxylic acids is 2. The molecule has 2 rings (SSSR count). The number of nitrogens with zero attached hydrogens (tertiary/aromatic N) is 2. The average Bonchev–Trinajstić information content (AvgIpc) is 2.84. The maximum atomic E-state index is 12.2. The van der Waals surface area contributed by atoms with E-state index in [4.69, 9.17) is 5.26 Å². The highest BCUT2D eigenvalue weighted by Gasteiger charge is 2.33. The van der Waals surface area contributed by atoms with Gasteiger partial charge in [0.15, 0.2) is 0 Å². The molecular formula is C17H21N3O2. The van der Waals surface area contributed by atoms with Crippen LogP contribution >= 0.6 is 0 Å². The number of anilines is 1. The van der Waals surface area contributed by atoms with Crippen molar-refractivity contribution in [1.29, 1.82) is 5.26 Å². The maximum Gasteiger partial charge on any atom is 0.233 e. The lowest BCUT2D eigenvalue weighted by Gasteiger charge is -2.19. The molecule has 1 aromatic rings. The van der Waals surface area contributed by atoms with Gasteiger partial charge >= 0.3 is 0 Å². The second-order valence-electron chi connectivity index (χ2n) is 6.02. The van der Waals surface area contributed by atoms with Gasteiger partial charge < -0.3 is 10.2 Å². The lowest BCUT2D eigenvalue weighted by Crippen LogP contribution is -2.37. The van der Waals surface area contributed by atoms with Crippen LogP contribution in [-0.4, -0.2) is 29.3 Å². The Labute approximate surface area is 130 Å². The van der Waals surface area contributed by atoms with Crippen molar-refractivity contribution in [3.8, 4) is 6.07 Å². The van der Waals surface area contributed by atoms with E-state index in [2.05, 4.69) is 11.4 Å². The second-order valence-corrected chi connectivity index (χ2v) is 6.02. The summed E-state index contributed by atoms with van der Waals surface area (Å²) < 4.78 is 0. The average molecular weight is 299 g/mol. The number of amides is 2. The molecule has 116 valence electrons. The Balaban J connectivity index is 2.00. The molecule has 1 aliphatic heterocycles. The summed E-state index contributed by atoms with van der Waals surface area (Å²) in [6.45, 7) is 6.39. The van der Waals surface area contributed by atoms with Gasteiger partial charge in [-0.2, -0.15) is 5.26 Å². The van der Waals surface area contributed by atoms with Gasteiger partial charge in [-0.15, -0.1) is 0 Å². The van der Waals surface area contributed by atoms with Crippen LogP contribution in [0.25, 0.3) is 0 Å². The molecule has 0 bridgehead atoms. The molecule has 1 saturated heterocycles.